The van der Waals surface area contributed by atoms with Crippen LogP contribution in [0.2, 0.25) is 0 Å². The van der Waals surface area contributed by atoms with Crippen LogP contribution in [-0.2, 0) is 6.54 Å². The number of methoxy groups -OCH3 is 1. The number of hydrogen-bond acceptors (Lipinski definition) is 4. The third kappa shape index (κ3) is 7.97. The van der Waals surface area contributed by atoms with Gasteiger partial charge in [0.05, 0.1) is 13.7 Å². The smallest absolute Gasteiger partial charge is 0.493 e. The maximum atomic E-state index is 12.3. The van der Waals surface area contributed by atoms with Gasteiger partial charge in [0.2, 0.25) is 0 Å². The van der Waals surface area contributed by atoms with E-state index in [9.17, 15) is 26.3 Å². The maximum Gasteiger partial charge on any atom is 0.573 e. The molecule has 0 aromatic heterocycles. The van der Waals surface area contributed by atoms with Crippen LogP contribution < -0.4 is 25.3 Å². The lowest BCUT2D eigenvalue weighted by molar-refractivity contribution is -0.274. The van der Waals surface area contributed by atoms with Gasteiger partial charge in [0.25, 0.3) is 0 Å². The second-order valence-corrected chi connectivity index (χ2v) is 5.79. The molecule has 2 aromatic rings. The Morgan fingerprint density at radius 2 is 1.67 bits per heavy atom. The van der Waals surface area contributed by atoms with Gasteiger partial charge in [-0.15, -0.1) is 13.2 Å². The van der Waals surface area contributed by atoms with Crippen molar-refractivity contribution in [3.63, 3.8) is 0 Å². The quantitative estimate of drug-likeness (QED) is 0.380. The predicted octanol–water partition coefficient (Wildman–Crippen LogP) is 4.46. The number of halogens is 6. The Morgan fingerprint density at radius 1 is 1.00 bits per heavy atom. The zero-order valence-electron chi connectivity index (χ0n) is 15.5. The molecule has 12 heteroatoms. The number of rotatable bonds is 7. The van der Waals surface area contributed by atoms with E-state index in [0.29, 0.717) is 11.3 Å². The molecule has 0 spiro atoms. The van der Waals surface area contributed by atoms with Crippen LogP contribution >= 0.6 is 0 Å². The molecule has 0 aliphatic rings. The number of anilines is 1. The number of alkyl halides is 6. The van der Waals surface area contributed by atoms with Crippen LogP contribution in [0, 0.1) is 0 Å². The first-order valence-corrected chi connectivity index (χ1v) is 8.24. The predicted molar refractivity (Wildman–Crippen MR) is 96.6 cm³/mol. The molecule has 164 valence electrons. The Balaban J connectivity index is 1.97. The number of nitrogens with two attached hydrogens (primary N) is 1. The Kier molecular flexibility index (Phi) is 7.24. The fourth-order valence-electron chi connectivity index (χ4n) is 2.19. The standard InChI is InChI=1S/C18H17F6N3O3/c1-28-15-8-11(2-7-14(15)29-10-17(19,20)21)9-26-16(25)27-12-3-5-13(6-4-12)30-18(22,23)24/h2-8H,9-10H2,1H3,(H3,25,26,27). The Bertz CT molecular complexity index is 867. The van der Waals surface area contributed by atoms with Crippen molar-refractivity contribution in [2.45, 2.75) is 19.1 Å². The molecule has 0 fully saturated rings. The molecule has 0 amide bonds. The van der Waals surface area contributed by atoms with E-state index in [2.05, 4.69) is 19.8 Å². The molecule has 6 nitrogen and oxygen atoms in total. The summed E-state index contributed by atoms with van der Waals surface area (Å²) in [5.41, 5.74) is 6.68. The van der Waals surface area contributed by atoms with E-state index in [1.165, 1.54) is 37.4 Å². The molecule has 30 heavy (non-hydrogen) atoms. The summed E-state index contributed by atoms with van der Waals surface area (Å²) < 4.78 is 86.7. The lowest BCUT2D eigenvalue weighted by Crippen LogP contribution is -2.22. The van der Waals surface area contributed by atoms with E-state index >= 15 is 0 Å². The molecular formula is C18H17F6N3O3. The Hall–Kier alpha value is -3.31. The fraction of sp³-hybridized carbons (Fsp3) is 0.278. The van der Waals surface area contributed by atoms with E-state index in [1.54, 1.807) is 0 Å². The normalized spacial score (nSPS) is 12.4. The minimum absolute atomic E-state index is 0.0316. The highest BCUT2D eigenvalue weighted by Gasteiger charge is 2.31. The van der Waals surface area contributed by atoms with Gasteiger partial charge in [0.15, 0.2) is 24.1 Å². The van der Waals surface area contributed by atoms with E-state index in [0.717, 1.165) is 12.1 Å². The van der Waals surface area contributed by atoms with Gasteiger partial charge in [0, 0.05) is 5.69 Å². The number of nitrogens with zero attached hydrogens (tertiary/aromatic N) is 1. The van der Waals surface area contributed by atoms with Crippen molar-refractivity contribution < 1.29 is 40.6 Å². The first kappa shape index (κ1) is 23.0. The van der Waals surface area contributed by atoms with Gasteiger partial charge in [-0.1, -0.05) is 6.07 Å². The van der Waals surface area contributed by atoms with Crippen LogP contribution in [0.25, 0.3) is 0 Å². The van der Waals surface area contributed by atoms with Gasteiger partial charge in [-0.3, -0.25) is 0 Å². The van der Waals surface area contributed by atoms with Crippen LogP contribution in [0.1, 0.15) is 5.56 Å². The van der Waals surface area contributed by atoms with Crippen molar-refractivity contribution in [1.29, 1.82) is 0 Å². The van der Waals surface area contributed by atoms with Gasteiger partial charge in [-0.05, 0) is 42.0 Å². The molecule has 0 radical (unpaired) electrons. The van der Waals surface area contributed by atoms with Crippen molar-refractivity contribution in [1.82, 2.24) is 0 Å². The molecule has 0 aliphatic carbocycles. The highest BCUT2D eigenvalue weighted by Crippen LogP contribution is 2.30. The molecule has 0 saturated heterocycles. The van der Waals surface area contributed by atoms with Crippen molar-refractivity contribution in [3.8, 4) is 17.2 Å². The highest BCUT2D eigenvalue weighted by molar-refractivity contribution is 5.92. The van der Waals surface area contributed by atoms with Crippen molar-refractivity contribution in [2.75, 3.05) is 19.0 Å². The SMILES string of the molecule is COc1cc(CN=C(N)Nc2ccc(OC(F)(F)F)cc2)ccc1OCC(F)(F)F. The van der Waals surface area contributed by atoms with Crippen molar-refractivity contribution in [3.05, 3.63) is 48.0 Å². The van der Waals surface area contributed by atoms with Crippen LogP contribution in [0.4, 0.5) is 32.0 Å². The minimum Gasteiger partial charge on any atom is -0.493 e. The van der Waals surface area contributed by atoms with Crippen LogP contribution in [0.3, 0.4) is 0 Å². The molecule has 0 saturated carbocycles. The summed E-state index contributed by atoms with van der Waals surface area (Å²) in [5.74, 6) is -0.395. The number of benzene rings is 2. The zero-order chi connectivity index (χ0) is 22.4. The number of hydrogen-bond donors (Lipinski definition) is 2. The Morgan fingerprint density at radius 3 is 2.23 bits per heavy atom. The van der Waals surface area contributed by atoms with Gasteiger partial charge in [-0.25, -0.2) is 4.99 Å². The molecule has 2 aromatic carbocycles. The molecular weight excluding hydrogens is 420 g/mol. The molecule has 0 unspecified atom stereocenters. The van der Waals surface area contributed by atoms with Gasteiger partial charge in [-0.2, -0.15) is 13.2 Å². The lowest BCUT2D eigenvalue weighted by atomic mass is 10.2. The summed E-state index contributed by atoms with van der Waals surface area (Å²) in [6.45, 7) is -1.39. The molecule has 0 aliphatic heterocycles. The van der Waals surface area contributed by atoms with E-state index in [4.69, 9.17) is 10.5 Å². The average molecular weight is 437 g/mol. The molecule has 2 rings (SSSR count). The summed E-state index contributed by atoms with van der Waals surface area (Å²) in [7, 11) is 1.28. The van der Waals surface area contributed by atoms with Crippen LogP contribution in [0.5, 0.6) is 17.2 Å². The minimum atomic E-state index is -4.79. The van der Waals surface area contributed by atoms with Crippen LogP contribution in [-0.4, -0.2) is 32.2 Å². The summed E-state index contributed by atoms with van der Waals surface area (Å²) in [4.78, 5) is 4.06. The number of ether oxygens (including phenoxy) is 3. The average Bonchev–Trinajstić information content (AvgIpc) is 2.64. The number of guanidine groups is 1. The van der Waals surface area contributed by atoms with Gasteiger partial charge in [0.1, 0.15) is 5.75 Å². The third-order valence-corrected chi connectivity index (χ3v) is 3.41. The van der Waals surface area contributed by atoms with Gasteiger partial charge >= 0.3 is 12.5 Å². The summed E-state index contributed by atoms with van der Waals surface area (Å²) >= 11 is 0. The van der Waals surface area contributed by atoms with Crippen LogP contribution in [0.15, 0.2) is 47.5 Å². The lowest BCUT2D eigenvalue weighted by Gasteiger charge is -2.13. The van der Waals surface area contributed by atoms with Crippen molar-refractivity contribution >= 4 is 11.6 Å². The van der Waals surface area contributed by atoms with E-state index < -0.39 is 19.1 Å². The molecule has 0 atom stereocenters. The maximum absolute atomic E-state index is 12.3. The third-order valence-electron chi connectivity index (χ3n) is 3.41. The van der Waals surface area contributed by atoms with Crippen molar-refractivity contribution in [2.24, 2.45) is 10.7 Å². The summed E-state index contributed by atoms with van der Waals surface area (Å²) in [6.07, 6.45) is -9.27. The first-order chi connectivity index (χ1) is 13.9. The molecule has 0 heterocycles. The summed E-state index contributed by atoms with van der Waals surface area (Å²) in [5, 5.41) is 2.69. The largest absolute Gasteiger partial charge is 0.573 e. The monoisotopic (exact) mass is 437 g/mol. The summed E-state index contributed by atoms with van der Waals surface area (Å²) in [6, 6.07) is 9.11. The van der Waals surface area contributed by atoms with E-state index in [-0.39, 0.29) is 29.8 Å². The molecule has 3 N–H and O–H groups in total. The number of nitrogens with one attached hydrogen (secondary N) is 1. The Labute approximate surface area is 167 Å². The highest BCUT2D eigenvalue weighted by atomic mass is 19.4. The second kappa shape index (κ2) is 9.46. The molecule has 0 bridgehead atoms. The van der Waals surface area contributed by atoms with E-state index in [1.807, 2.05) is 0 Å². The fourth-order valence-corrected chi connectivity index (χ4v) is 2.19. The second-order valence-electron chi connectivity index (χ2n) is 5.79. The first-order valence-electron chi connectivity index (χ1n) is 8.24. The topological polar surface area (TPSA) is 78.1 Å². The zero-order valence-corrected chi connectivity index (χ0v) is 15.5. The van der Waals surface area contributed by atoms with Gasteiger partial charge < -0.3 is 25.3 Å². The number of aliphatic imine (C=N–C) groups is 1.